The Morgan fingerprint density at radius 2 is 2.00 bits per heavy atom. The first-order valence-electron chi connectivity index (χ1n) is 7.19. The van der Waals surface area contributed by atoms with Crippen LogP contribution in [0.25, 0.3) is 0 Å². The van der Waals surface area contributed by atoms with Crippen molar-refractivity contribution in [2.45, 2.75) is 32.4 Å². The Kier molecular flexibility index (Phi) is 6.09. The summed E-state index contributed by atoms with van der Waals surface area (Å²) >= 11 is 12.4. The van der Waals surface area contributed by atoms with Crippen LogP contribution in [-0.4, -0.2) is 21.7 Å². The van der Waals surface area contributed by atoms with Gasteiger partial charge < -0.3 is 5.32 Å². The second kappa shape index (κ2) is 7.83. The fourth-order valence-corrected chi connectivity index (χ4v) is 2.91. The molecule has 1 heterocycles. The van der Waals surface area contributed by atoms with Gasteiger partial charge in [-0.05, 0) is 18.4 Å². The third kappa shape index (κ3) is 4.22. The van der Waals surface area contributed by atoms with Crippen LogP contribution in [0.15, 0.2) is 30.3 Å². The molecule has 0 amide bonds. The molecular formula is C16H21Cl2N3. The lowest BCUT2D eigenvalue weighted by atomic mass is 10.1. The fraction of sp³-hybridized carbons (Fsp3) is 0.438. The predicted octanol–water partition coefficient (Wildman–Crippen LogP) is 3.58. The van der Waals surface area contributed by atoms with Gasteiger partial charge in [0.2, 0.25) is 0 Å². The molecule has 1 aromatic carbocycles. The van der Waals surface area contributed by atoms with Gasteiger partial charge in [-0.3, -0.25) is 4.68 Å². The van der Waals surface area contributed by atoms with Crippen molar-refractivity contribution in [2.75, 3.05) is 5.88 Å². The maximum absolute atomic E-state index is 6.36. The summed E-state index contributed by atoms with van der Waals surface area (Å²) < 4.78 is 1.85. The molecule has 0 fully saturated rings. The van der Waals surface area contributed by atoms with Crippen LogP contribution in [0.3, 0.4) is 0 Å². The zero-order valence-corrected chi connectivity index (χ0v) is 14.0. The van der Waals surface area contributed by atoms with Gasteiger partial charge in [0.15, 0.2) is 0 Å². The van der Waals surface area contributed by atoms with Gasteiger partial charge in [0, 0.05) is 25.5 Å². The van der Waals surface area contributed by atoms with E-state index in [-0.39, 0.29) is 6.04 Å². The van der Waals surface area contributed by atoms with Crippen molar-refractivity contribution in [3.63, 3.8) is 0 Å². The Balaban J connectivity index is 1.99. The molecule has 0 saturated heterocycles. The quantitative estimate of drug-likeness (QED) is 0.788. The topological polar surface area (TPSA) is 29.9 Å². The van der Waals surface area contributed by atoms with Gasteiger partial charge in [-0.2, -0.15) is 5.10 Å². The number of aryl methyl sites for hydroxylation is 2. The van der Waals surface area contributed by atoms with E-state index in [9.17, 15) is 0 Å². The summed E-state index contributed by atoms with van der Waals surface area (Å²) in [6, 6.07) is 10.6. The average Bonchev–Trinajstić information content (AvgIpc) is 2.79. The first-order valence-corrected chi connectivity index (χ1v) is 8.10. The molecule has 2 aromatic rings. The molecule has 0 radical (unpaired) electrons. The van der Waals surface area contributed by atoms with Gasteiger partial charge in [-0.25, -0.2) is 0 Å². The summed E-state index contributed by atoms with van der Waals surface area (Å²) in [6.45, 7) is 2.73. The molecule has 1 N–H and O–H groups in total. The van der Waals surface area contributed by atoms with Gasteiger partial charge in [0.1, 0.15) is 0 Å². The summed E-state index contributed by atoms with van der Waals surface area (Å²) in [5.74, 6) is 0.561. The highest BCUT2D eigenvalue weighted by molar-refractivity contribution is 6.31. The number of benzene rings is 1. The van der Waals surface area contributed by atoms with E-state index in [2.05, 4.69) is 29.5 Å². The zero-order chi connectivity index (χ0) is 15.2. The van der Waals surface area contributed by atoms with Gasteiger partial charge >= 0.3 is 0 Å². The van der Waals surface area contributed by atoms with E-state index in [1.165, 1.54) is 5.56 Å². The van der Waals surface area contributed by atoms with Gasteiger partial charge in [0.05, 0.1) is 16.4 Å². The molecule has 0 spiro atoms. The molecule has 0 aliphatic rings. The molecule has 3 nitrogen and oxygen atoms in total. The lowest BCUT2D eigenvalue weighted by molar-refractivity contribution is 0.529. The minimum atomic E-state index is 0.213. The minimum Gasteiger partial charge on any atom is -0.307 e. The number of aromatic nitrogens is 2. The summed E-state index contributed by atoms with van der Waals surface area (Å²) in [6.07, 6.45) is 1.75. The minimum absolute atomic E-state index is 0.213. The van der Waals surface area contributed by atoms with Crippen LogP contribution in [0.4, 0.5) is 0 Å². The smallest absolute Gasteiger partial charge is 0.0863 e. The van der Waals surface area contributed by atoms with Crippen LogP contribution < -0.4 is 5.32 Å². The lowest BCUT2D eigenvalue weighted by Crippen LogP contribution is -2.33. The molecule has 1 unspecified atom stereocenters. The Labute approximate surface area is 136 Å². The molecule has 1 atom stereocenters. The molecular weight excluding hydrogens is 305 g/mol. The number of hydrogen-bond acceptors (Lipinski definition) is 2. The van der Waals surface area contributed by atoms with Crippen molar-refractivity contribution in [3.8, 4) is 0 Å². The van der Waals surface area contributed by atoms with E-state index < -0.39 is 0 Å². The molecule has 0 aliphatic carbocycles. The number of alkyl halides is 1. The van der Waals surface area contributed by atoms with Crippen molar-refractivity contribution in [2.24, 2.45) is 7.05 Å². The summed E-state index contributed by atoms with van der Waals surface area (Å²) in [5.41, 5.74) is 3.24. The van der Waals surface area contributed by atoms with Crippen molar-refractivity contribution < 1.29 is 0 Å². The highest BCUT2D eigenvalue weighted by Gasteiger charge is 2.15. The second-order valence-electron chi connectivity index (χ2n) is 5.11. The number of halogens is 2. The number of nitrogens with zero attached hydrogens (tertiary/aromatic N) is 2. The maximum atomic E-state index is 6.36. The molecule has 21 heavy (non-hydrogen) atoms. The van der Waals surface area contributed by atoms with Gasteiger partial charge in [-0.15, -0.1) is 11.6 Å². The number of hydrogen-bond donors (Lipinski definition) is 1. The van der Waals surface area contributed by atoms with Crippen LogP contribution in [0, 0.1) is 0 Å². The fourth-order valence-electron chi connectivity index (χ4n) is 2.33. The first-order chi connectivity index (χ1) is 10.2. The summed E-state index contributed by atoms with van der Waals surface area (Å²) in [4.78, 5) is 0. The molecule has 0 saturated carbocycles. The van der Waals surface area contributed by atoms with Crippen LogP contribution in [-0.2, 0) is 26.4 Å². The van der Waals surface area contributed by atoms with E-state index in [1.54, 1.807) is 0 Å². The standard InChI is InChI=1S/C16H21Cl2N3/c1-3-14-16(18)15(21(2)20-14)11-19-13(10-17)9-12-7-5-4-6-8-12/h4-8,13,19H,3,9-11H2,1-2H3. The molecule has 114 valence electrons. The molecule has 0 bridgehead atoms. The van der Waals surface area contributed by atoms with Gasteiger partial charge in [0.25, 0.3) is 0 Å². The monoisotopic (exact) mass is 325 g/mol. The number of nitrogens with one attached hydrogen (secondary N) is 1. The van der Waals surface area contributed by atoms with Crippen LogP contribution >= 0.6 is 23.2 Å². The predicted molar refractivity (Wildman–Crippen MR) is 89.1 cm³/mol. The SMILES string of the molecule is CCc1nn(C)c(CNC(CCl)Cc2ccccc2)c1Cl. The first kappa shape index (κ1) is 16.3. The van der Waals surface area contributed by atoms with E-state index >= 15 is 0 Å². The van der Waals surface area contributed by atoms with Crippen molar-refractivity contribution >= 4 is 23.2 Å². The Bertz CT molecular complexity index is 566. The van der Waals surface area contributed by atoms with Crippen LogP contribution in [0.5, 0.6) is 0 Å². The normalized spacial score (nSPS) is 12.6. The van der Waals surface area contributed by atoms with E-state index in [1.807, 2.05) is 29.9 Å². The third-order valence-electron chi connectivity index (χ3n) is 3.57. The molecule has 1 aromatic heterocycles. The summed E-state index contributed by atoms with van der Waals surface area (Å²) in [7, 11) is 1.93. The molecule has 2 rings (SSSR count). The zero-order valence-electron chi connectivity index (χ0n) is 12.4. The third-order valence-corrected chi connectivity index (χ3v) is 4.38. The Morgan fingerprint density at radius 1 is 1.29 bits per heavy atom. The van der Waals surface area contributed by atoms with E-state index in [0.29, 0.717) is 12.4 Å². The van der Waals surface area contributed by atoms with Crippen LogP contribution in [0.1, 0.15) is 23.9 Å². The van der Waals surface area contributed by atoms with Gasteiger partial charge in [-0.1, -0.05) is 48.9 Å². The lowest BCUT2D eigenvalue weighted by Gasteiger charge is -2.16. The van der Waals surface area contributed by atoms with E-state index in [0.717, 1.165) is 29.3 Å². The molecule has 5 heteroatoms. The van der Waals surface area contributed by atoms with Crippen molar-refractivity contribution in [3.05, 3.63) is 52.3 Å². The number of rotatable bonds is 7. The van der Waals surface area contributed by atoms with Crippen molar-refractivity contribution in [1.29, 1.82) is 0 Å². The highest BCUT2D eigenvalue weighted by atomic mass is 35.5. The summed E-state index contributed by atoms with van der Waals surface area (Å²) in [5, 5.41) is 8.67. The highest BCUT2D eigenvalue weighted by Crippen LogP contribution is 2.20. The maximum Gasteiger partial charge on any atom is 0.0863 e. The molecule has 0 aliphatic heterocycles. The second-order valence-corrected chi connectivity index (χ2v) is 5.79. The Hall–Kier alpha value is -1.03. The average molecular weight is 326 g/mol. The van der Waals surface area contributed by atoms with Crippen molar-refractivity contribution in [1.82, 2.24) is 15.1 Å². The Morgan fingerprint density at radius 3 is 2.57 bits per heavy atom. The van der Waals surface area contributed by atoms with E-state index in [4.69, 9.17) is 23.2 Å². The largest absolute Gasteiger partial charge is 0.307 e. The van der Waals surface area contributed by atoms with Crippen LogP contribution in [0.2, 0.25) is 5.02 Å².